The topological polar surface area (TPSA) is 82.4 Å². The molecule has 0 atom stereocenters. The van der Waals surface area contributed by atoms with Crippen molar-refractivity contribution in [3.8, 4) is 0 Å². The number of thioether (sulfide) groups is 1. The predicted octanol–water partition coefficient (Wildman–Crippen LogP) is 2.08. The van der Waals surface area contributed by atoms with E-state index in [-0.39, 0.29) is 11.7 Å². The number of allylic oxidation sites excluding steroid dienone is 1. The van der Waals surface area contributed by atoms with Crippen molar-refractivity contribution in [3.63, 3.8) is 0 Å². The summed E-state index contributed by atoms with van der Waals surface area (Å²) in [6.07, 6.45) is -0.530. The maximum absolute atomic E-state index is 11.3. The summed E-state index contributed by atoms with van der Waals surface area (Å²) in [5.41, 5.74) is 0.0347. The minimum absolute atomic E-state index is 0.116. The van der Waals surface area contributed by atoms with Gasteiger partial charge < -0.3 is 9.84 Å². The molecule has 0 aliphatic heterocycles. The lowest BCUT2D eigenvalue weighted by atomic mass is 10.2. The quantitative estimate of drug-likeness (QED) is 0.526. The number of carbonyl (C=O) groups excluding carboxylic acids is 1. The van der Waals surface area contributed by atoms with Crippen LogP contribution in [0.1, 0.15) is 27.7 Å². The maximum Gasteiger partial charge on any atom is 0.411 e. The molecule has 0 aliphatic rings. The summed E-state index contributed by atoms with van der Waals surface area (Å²) in [6.45, 7) is 6.72. The molecule has 0 saturated carbocycles. The van der Waals surface area contributed by atoms with Gasteiger partial charge in [0.2, 0.25) is 0 Å². The number of alkyl carbamates (subject to hydrolysis) is 1. The monoisotopic (exact) mass is 246 g/mol. The third kappa shape index (κ3) is 8.31. The van der Waals surface area contributed by atoms with Crippen LogP contribution < -0.4 is 5.32 Å². The Balaban J connectivity index is 4.09. The molecule has 0 saturated heterocycles. The van der Waals surface area contributed by atoms with E-state index in [1.54, 1.807) is 33.1 Å². The third-order valence-corrected chi connectivity index (χ3v) is 2.10. The SMILES string of the molecule is C/C(=C\SC(=N)CO)NC(=O)OC(C)(C)C. The van der Waals surface area contributed by atoms with Gasteiger partial charge in [-0.25, -0.2) is 4.79 Å². The fourth-order valence-corrected chi connectivity index (χ4v) is 1.14. The highest BCUT2D eigenvalue weighted by atomic mass is 32.2. The van der Waals surface area contributed by atoms with Gasteiger partial charge in [0.15, 0.2) is 0 Å². The Hall–Kier alpha value is -1.01. The average Bonchev–Trinajstić information content (AvgIpc) is 2.10. The van der Waals surface area contributed by atoms with Gasteiger partial charge in [-0.1, -0.05) is 11.8 Å². The first-order valence-electron chi connectivity index (χ1n) is 4.76. The number of nitrogens with one attached hydrogen (secondary N) is 2. The van der Waals surface area contributed by atoms with Gasteiger partial charge in [-0.15, -0.1) is 0 Å². The highest BCUT2D eigenvalue weighted by Gasteiger charge is 2.15. The third-order valence-electron chi connectivity index (χ3n) is 1.22. The summed E-state index contributed by atoms with van der Waals surface area (Å²) in [5, 5.41) is 20.0. The molecule has 0 heterocycles. The summed E-state index contributed by atoms with van der Waals surface area (Å²) in [5.74, 6) is 0. The number of aliphatic hydroxyl groups is 1. The molecular formula is C10H18N2O3S. The molecule has 0 radical (unpaired) electrons. The van der Waals surface area contributed by atoms with Crippen molar-refractivity contribution in [1.82, 2.24) is 5.32 Å². The normalized spacial score (nSPS) is 12.2. The minimum atomic E-state index is -0.532. The van der Waals surface area contributed by atoms with Crippen molar-refractivity contribution in [2.24, 2.45) is 0 Å². The molecule has 0 aromatic rings. The van der Waals surface area contributed by atoms with E-state index in [0.717, 1.165) is 11.8 Å². The van der Waals surface area contributed by atoms with Crippen molar-refractivity contribution < 1.29 is 14.6 Å². The van der Waals surface area contributed by atoms with Gasteiger partial charge in [0.05, 0.1) is 11.7 Å². The van der Waals surface area contributed by atoms with E-state index in [1.165, 1.54) is 0 Å². The zero-order chi connectivity index (χ0) is 12.8. The molecule has 0 aliphatic carbocycles. The molecule has 0 fully saturated rings. The Labute approximate surface area is 99.8 Å². The molecule has 0 bridgehead atoms. The van der Waals surface area contributed by atoms with Crippen LogP contribution in [0, 0.1) is 5.41 Å². The average molecular weight is 246 g/mol. The molecule has 3 N–H and O–H groups in total. The first-order chi connectivity index (χ1) is 7.24. The van der Waals surface area contributed by atoms with Crippen LogP contribution in [0.25, 0.3) is 0 Å². The lowest BCUT2D eigenvalue weighted by molar-refractivity contribution is 0.0546. The number of hydrogen-bond donors (Lipinski definition) is 3. The second-order valence-electron chi connectivity index (χ2n) is 4.13. The molecule has 0 unspecified atom stereocenters. The molecule has 16 heavy (non-hydrogen) atoms. The number of amides is 1. The van der Waals surface area contributed by atoms with Crippen molar-refractivity contribution in [1.29, 1.82) is 5.41 Å². The number of hydrogen-bond acceptors (Lipinski definition) is 5. The van der Waals surface area contributed by atoms with Crippen LogP contribution in [-0.2, 0) is 4.74 Å². The zero-order valence-corrected chi connectivity index (χ0v) is 10.8. The van der Waals surface area contributed by atoms with Crippen LogP contribution >= 0.6 is 11.8 Å². The first kappa shape index (κ1) is 15.0. The van der Waals surface area contributed by atoms with Gasteiger partial charge in [-0.05, 0) is 33.1 Å². The molecule has 1 amide bonds. The van der Waals surface area contributed by atoms with E-state index in [9.17, 15) is 4.79 Å². The Kier molecular flexibility index (Phi) is 6.13. The van der Waals surface area contributed by atoms with Crippen LogP contribution in [-0.4, -0.2) is 28.5 Å². The van der Waals surface area contributed by atoms with Gasteiger partial charge in [-0.2, -0.15) is 0 Å². The van der Waals surface area contributed by atoms with Crippen LogP contribution in [0.2, 0.25) is 0 Å². The summed E-state index contributed by atoms with van der Waals surface area (Å²) >= 11 is 1.05. The molecule has 6 heteroatoms. The van der Waals surface area contributed by atoms with Crippen molar-refractivity contribution in [2.45, 2.75) is 33.3 Å². The number of carbonyl (C=O) groups is 1. The second-order valence-corrected chi connectivity index (χ2v) is 5.09. The molecular weight excluding hydrogens is 228 g/mol. The van der Waals surface area contributed by atoms with E-state index in [4.69, 9.17) is 15.3 Å². The highest BCUT2D eigenvalue weighted by Crippen LogP contribution is 2.09. The van der Waals surface area contributed by atoms with E-state index >= 15 is 0 Å². The number of ether oxygens (including phenoxy) is 1. The van der Waals surface area contributed by atoms with Gasteiger partial charge in [-0.3, -0.25) is 10.7 Å². The van der Waals surface area contributed by atoms with Crippen LogP contribution in [0.4, 0.5) is 4.79 Å². The van der Waals surface area contributed by atoms with Gasteiger partial charge in [0.1, 0.15) is 5.60 Å². The smallest absolute Gasteiger partial charge is 0.411 e. The summed E-state index contributed by atoms with van der Waals surface area (Å²) in [4.78, 5) is 11.3. The molecule has 0 aromatic carbocycles. The number of rotatable bonds is 3. The van der Waals surface area contributed by atoms with E-state index in [2.05, 4.69) is 5.32 Å². The lowest BCUT2D eigenvalue weighted by Gasteiger charge is -2.19. The Bertz CT molecular complexity index is 295. The fourth-order valence-electron chi connectivity index (χ4n) is 0.691. The van der Waals surface area contributed by atoms with Crippen LogP contribution in [0.5, 0.6) is 0 Å². The summed E-state index contributed by atoms with van der Waals surface area (Å²) in [6, 6.07) is 0. The standard InChI is InChI=1S/C10H18N2O3S/c1-7(6-16-8(11)5-13)12-9(14)15-10(2,3)4/h6,11,13H,5H2,1-4H3,(H,12,14)/b7-6+,11-8?. The van der Waals surface area contributed by atoms with Gasteiger partial charge in [0.25, 0.3) is 0 Å². The van der Waals surface area contributed by atoms with E-state index < -0.39 is 11.7 Å². The maximum atomic E-state index is 11.3. The van der Waals surface area contributed by atoms with Gasteiger partial charge in [0, 0.05) is 5.70 Å². The summed E-state index contributed by atoms with van der Waals surface area (Å²) in [7, 11) is 0. The fraction of sp³-hybridized carbons (Fsp3) is 0.600. The van der Waals surface area contributed by atoms with E-state index in [0.29, 0.717) is 5.70 Å². The zero-order valence-electron chi connectivity index (χ0n) is 9.96. The van der Waals surface area contributed by atoms with Crippen molar-refractivity contribution >= 4 is 22.9 Å². The molecule has 5 nitrogen and oxygen atoms in total. The van der Waals surface area contributed by atoms with Crippen molar-refractivity contribution in [2.75, 3.05) is 6.61 Å². The molecule has 0 spiro atoms. The number of aliphatic hydroxyl groups excluding tert-OH is 1. The second kappa shape index (κ2) is 6.55. The summed E-state index contributed by atoms with van der Waals surface area (Å²) < 4.78 is 5.04. The Morgan fingerprint density at radius 1 is 1.56 bits per heavy atom. The predicted molar refractivity (Wildman–Crippen MR) is 65.5 cm³/mol. The molecule has 0 aromatic heterocycles. The van der Waals surface area contributed by atoms with Gasteiger partial charge >= 0.3 is 6.09 Å². The molecule has 92 valence electrons. The van der Waals surface area contributed by atoms with Crippen LogP contribution in [0.3, 0.4) is 0 Å². The van der Waals surface area contributed by atoms with Crippen LogP contribution in [0.15, 0.2) is 11.1 Å². The Morgan fingerprint density at radius 2 is 2.12 bits per heavy atom. The molecule has 0 rings (SSSR count). The Morgan fingerprint density at radius 3 is 2.56 bits per heavy atom. The van der Waals surface area contributed by atoms with Crippen molar-refractivity contribution in [3.05, 3.63) is 11.1 Å². The minimum Gasteiger partial charge on any atom is -0.444 e. The van der Waals surface area contributed by atoms with E-state index in [1.807, 2.05) is 0 Å². The lowest BCUT2D eigenvalue weighted by Crippen LogP contribution is -2.31. The largest absolute Gasteiger partial charge is 0.444 e. The highest BCUT2D eigenvalue weighted by molar-refractivity contribution is 8.16. The first-order valence-corrected chi connectivity index (χ1v) is 5.64.